The highest BCUT2D eigenvalue weighted by Gasteiger charge is 2.03. The lowest BCUT2D eigenvalue weighted by atomic mass is 9.98. The average Bonchev–Trinajstić information content (AvgIpc) is 2.39. The Kier molecular flexibility index (Phi) is 2.26. The van der Waals surface area contributed by atoms with Crippen molar-refractivity contribution in [3.8, 4) is 0 Å². The Morgan fingerprint density at radius 3 is 2.24 bits per heavy atom. The third-order valence-corrected chi connectivity index (χ3v) is 3.00. The summed E-state index contributed by atoms with van der Waals surface area (Å²) in [7, 11) is 0. The van der Waals surface area contributed by atoms with Gasteiger partial charge >= 0.3 is 0 Å². The van der Waals surface area contributed by atoms with Crippen molar-refractivity contribution in [3.05, 3.63) is 60.2 Å². The van der Waals surface area contributed by atoms with Gasteiger partial charge in [-0.15, -0.1) is 0 Å². The molecular weight excluding hydrogens is 210 g/mol. The number of oxime groups is 1. The van der Waals surface area contributed by atoms with Gasteiger partial charge in [0.15, 0.2) is 0 Å². The highest BCUT2D eigenvalue weighted by atomic mass is 16.4. The van der Waals surface area contributed by atoms with Crippen molar-refractivity contribution in [1.82, 2.24) is 0 Å². The zero-order chi connectivity index (χ0) is 11.7. The monoisotopic (exact) mass is 221 g/mol. The van der Waals surface area contributed by atoms with Crippen LogP contribution in [-0.4, -0.2) is 11.4 Å². The van der Waals surface area contributed by atoms with Gasteiger partial charge in [-0.05, 0) is 27.6 Å². The van der Waals surface area contributed by atoms with Crippen molar-refractivity contribution in [1.29, 1.82) is 0 Å². The summed E-state index contributed by atoms with van der Waals surface area (Å²) in [5, 5.41) is 16.5. The van der Waals surface area contributed by atoms with Crippen molar-refractivity contribution in [2.45, 2.75) is 0 Å². The topological polar surface area (TPSA) is 32.6 Å². The predicted octanol–water partition coefficient (Wildman–Crippen LogP) is 3.80. The van der Waals surface area contributed by atoms with Gasteiger partial charge in [0, 0.05) is 5.56 Å². The smallest absolute Gasteiger partial charge is 0.0740 e. The van der Waals surface area contributed by atoms with E-state index in [-0.39, 0.29) is 0 Å². The third kappa shape index (κ3) is 1.54. The molecule has 3 aromatic rings. The van der Waals surface area contributed by atoms with Gasteiger partial charge in [0.1, 0.15) is 0 Å². The van der Waals surface area contributed by atoms with Crippen LogP contribution in [0.1, 0.15) is 5.56 Å². The van der Waals surface area contributed by atoms with Crippen LogP contribution in [0.3, 0.4) is 0 Å². The fraction of sp³-hybridized carbons (Fsp3) is 0. The minimum Gasteiger partial charge on any atom is -0.411 e. The van der Waals surface area contributed by atoms with E-state index >= 15 is 0 Å². The molecule has 0 aliphatic rings. The normalized spacial score (nSPS) is 11.5. The van der Waals surface area contributed by atoms with E-state index in [9.17, 15) is 0 Å². The van der Waals surface area contributed by atoms with Crippen molar-refractivity contribution in [2.75, 3.05) is 0 Å². The molecule has 17 heavy (non-hydrogen) atoms. The molecule has 3 rings (SSSR count). The Hall–Kier alpha value is -2.35. The lowest BCUT2D eigenvalue weighted by Crippen LogP contribution is -1.86. The number of benzene rings is 3. The van der Waals surface area contributed by atoms with E-state index in [0.29, 0.717) is 0 Å². The second-order valence-corrected chi connectivity index (χ2v) is 3.98. The first-order valence-corrected chi connectivity index (χ1v) is 5.48. The van der Waals surface area contributed by atoms with E-state index < -0.39 is 0 Å². The highest BCUT2D eigenvalue weighted by Crippen LogP contribution is 2.27. The van der Waals surface area contributed by atoms with E-state index in [2.05, 4.69) is 23.4 Å². The zero-order valence-corrected chi connectivity index (χ0v) is 9.17. The SMILES string of the molecule is O/N=C\c1cc2ccccc2c2ccccc12. The summed E-state index contributed by atoms with van der Waals surface area (Å²) < 4.78 is 0. The van der Waals surface area contributed by atoms with Crippen molar-refractivity contribution >= 4 is 27.8 Å². The summed E-state index contributed by atoms with van der Waals surface area (Å²) in [5.74, 6) is 0. The molecule has 0 aliphatic heterocycles. The summed E-state index contributed by atoms with van der Waals surface area (Å²) >= 11 is 0. The van der Waals surface area contributed by atoms with E-state index in [1.54, 1.807) is 0 Å². The highest BCUT2D eigenvalue weighted by molar-refractivity contribution is 6.13. The number of hydrogen-bond acceptors (Lipinski definition) is 2. The number of hydrogen-bond donors (Lipinski definition) is 1. The van der Waals surface area contributed by atoms with Crippen LogP contribution in [0.25, 0.3) is 21.5 Å². The van der Waals surface area contributed by atoms with Gasteiger partial charge in [0.25, 0.3) is 0 Å². The van der Waals surface area contributed by atoms with E-state index in [1.807, 2.05) is 36.4 Å². The first kappa shape index (κ1) is 9.85. The first-order chi connectivity index (χ1) is 8.40. The van der Waals surface area contributed by atoms with Gasteiger partial charge in [-0.1, -0.05) is 53.7 Å². The largest absolute Gasteiger partial charge is 0.411 e. The van der Waals surface area contributed by atoms with Crippen LogP contribution in [-0.2, 0) is 0 Å². The van der Waals surface area contributed by atoms with Gasteiger partial charge in [-0.3, -0.25) is 0 Å². The summed E-state index contributed by atoms with van der Waals surface area (Å²) in [5.41, 5.74) is 0.932. The van der Waals surface area contributed by atoms with Crippen molar-refractivity contribution in [3.63, 3.8) is 0 Å². The fourth-order valence-electron chi connectivity index (χ4n) is 2.25. The Morgan fingerprint density at radius 1 is 0.824 bits per heavy atom. The van der Waals surface area contributed by atoms with Crippen molar-refractivity contribution < 1.29 is 5.21 Å². The lowest BCUT2D eigenvalue weighted by molar-refractivity contribution is 0.322. The predicted molar refractivity (Wildman–Crippen MR) is 70.8 cm³/mol. The number of nitrogens with zero attached hydrogens (tertiary/aromatic N) is 1. The standard InChI is InChI=1S/C15H11NO/c17-16-10-12-9-11-5-1-2-6-13(11)15-8-4-3-7-14(12)15/h1-10,17H/b16-10-. The van der Waals surface area contributed by atoms with E-state index in [0.717, 1.165) is 16.3 Å². The minimum atomic E-state index is 0.932. The summed E-state index contributed by atoms with van der Waals surface area (Å²) in [6.45, 7) is 0. The van der Waals surface area contributed by atoms with Crippen LogP contribution >= 0.6 is 0 Å². The number of rotatable bonds is 1. The van der Waals surface area contributed by atoms with Crippen LogP contribution in [0.15, 0.2) is 59.8 Å². The Balaban J connectivity index is 2.54. The molecule has 0 atom stereocenters. The van der Waals surface area contributed by atoms with Crippen LogP contribution in [0.5, 0.6) is 0 Å². The van der Waals surface area contributed by atoms with E-state index in [4.69, 9.17) is 5.21 Å². The molecule has 0 heterocycles. The molecule has 0 fully saturated rings. The molecule has 3 aromatic carbocycles. The molecule has 0 bridgehead atoms. The second kappa shape index (κ2) is 3.91. The molecular formula is C15H11NO. The molecule has 0 saturated carbocycles. The molecule has 0 spiro atoms. The summed E-state index contributed by atoms with van der Waals surface area (Å²) in [6.07, 6.45) is 1.48. The van der Waals surface area contributed by atoms with Gasteiger partial charge in [-0.25, -0.2) is 0 Å². The van der Waals surface area contributed by atoms with Crippen LogP contribution in [0, 0.1) is 0 Å². The molecule has 82 valence electrons. The van der Waals surface area contributed by atoms with Gasteiger partial charge in [-0.2, -0.15) is 0 Å². The maximum Gasteiger partial charge on any atom is 0.0740 e. The van der Waals surface area contributed by atoms with E-state index in [1.165, 1.54) is 17.0 Å². The number of fused-ring (bicyclic) bond motifs is 3. The molecule has 0 radical (unpaired) electrons. The minimum absolute atomic E-state index is 0.932. The molecule has 0 unspecified atom stereocenters. The maximum absolute atomic E-state index is 8.72. The quantitative estimate of drug-likeness (QED) is 0.288. The molecule has 1 N–H and O–H groups in total. The van der Waals surface area contributed by atoms with Gasteiger partial charge in [0.2, 0.25) is 0 Å². The first-order valence-electron chi connectivity index (χ1n) is 5.48. The Bertz CT molecular complexity index is 716. The Labute approximate surface area is 98.8 Å². The molecule has 0 amide bonds. The third-order valence-electron chi connectivity index (χ3n) is 3.00. The average molecular weight is 221 g/mol. The molecule has 0 aromatic heterocycles. The van der Waals surface area contributed by atoms with Gasteiger partial charge in [0.05, 0.1) is 6.21 Å². The lowest BCUT2D eigenvalue weighted by Gasteiger charge is -2.06. The maximum atomic E-state index is 8.72. The molecule has 2 heteroatoms. The Morgan fingerprint density at radius 2 is 1.47 bits per heavy atom. The molecule has 2 nitrogen and oxygen atoms in total. The molecule has 0 saturated heterocycles. The van der Waals surface area contributed by atoms with Crippen LogP contribution in [0.2, 0.25) is 0 Å². The summed E-state index contributed by atoms with van der Waals surface area (Å²) in [6, 6.07) is 18.4. The van der Waals surface area contributed by atoms with Crippen LogP contribution in [0.4, 0.5) is 0 Å². The van der Waals surface area contributed by atoms with Crippen molar-refractivity contribution in [2.24, 2.45) is 5.16 Å². The van der Waals surface area contributed by atoms with Gasteiger partial charge < -0.3 is 5.21 Å². The second-order valence-electron chi connectivity index (χ2n) is 3.98. The van der Waals surface area contributed by atoms with Crippen LogP contribution < -0.4 is 0 Å². The summed E-state index contributed by atoms with van der Waals surface area (Å²) in [4.78, 5) is 0. The molecule has 0 aliphatic carbocycles. The fourth-order valence-corrected chi connectivity index (χ4v) is 2.25. The zero-order valence-electron chi connectivity index (χ0n) is 9.17.